The van der Waals surface area contributed by atoms with Gasteiger partial charge in [-0.15, -0.1) is 0 Å². The fraction of sp³-hybridized carbons (Fsp3) is 0.625. The molecule has 1 unspecified atom stereocenters. The summed E-state index contributed by atoms with van der Waals surface area (Å²) < 4.78 is 0. The lowest BCUT2D eigenvalue weighted by Gasteiger charge is -2.26. The molecular weight excluding hydrogens is 286 g/mol. The number of carbonyl (C=O) groups is 1. The molecule has 1 aromatic heterocycles. The van der Waals surface area contributed by atoms with Crippen molar-refractivity contribution in [2.24, 2.45) is 5.92 Å². The van der Waals surface area contributed by atoms with E-state index >= 15 is 0 Å². The van der Waals surface area contributed by atoms with E-state index < -0.39 is 0 Å². The first-order chi connectivity index (χ1) is 9.86. The van der Waals surface area contributed by atoms with E-state index in [9.17, 15) is 4.79 Å². The van der Waals surface area contributed by atoms with E-state index in [2.05, 4.69) is 38.0 Å². The Balaban J connectivity index is 2.89. The van der Waals surface area contributed by atoms with E-state index in [1.807, 2.05) is 7.05 Å². The van der Waals surface area contributed by atoms with Gasteiger partial charge in [0.1, 0.15) is 5.82 Å². The highest BCUT2D eigenvalue weighted by Crippen LogP contribution is 2.21. The number of aromatic nitrogens is 1. The summed E-state index contributed by atoms with van der Waals surface area (Å²) in [5.41, 5.74) is 0.503. The number of nitrogens with one attached hydrogen (secondary N) is 1. The van der Waals surface area contributed by atoms with Crippen LogP contribution in [0.1, 0.15) is 50.9 Å². The predicted octanol–water partition coefficient (Wildman–Crippen LogP) is 4.06. The molecule has 118 valence electrons. The van der Waals surface area contributed by atoms with Gasteiger partial charge >= 0.3 is 0 Å². The van der Waals surface area contributed by atoms with Gasteiger partial charge in [0.2, 0.25) is 0 Å². The van der Waals surface area contributed by atoms with Crippen molar-refractivity contribution in [2.75, 3.05) is 18.9 Å². The second-order valence-electron chi connectivity index (χ2n) is 5.87. The van der Waals surface area contributed by atoms with Crippen LogP contribution in [-0.2, 0) is 0 Å². The van der Waals surface area contributed by atoms with E-state index in [4.69, 9.17) is 11.6 Å². The standard InChI is InChI=1S/C16H26ClN3O/c1-6-7-18-15-9-13(14(17)10-19-15)16(21)20(5)12(4)8-11(2)3/h9-12H,6-8H2,1-5H3,(H,18,19). The number of nitrogens with zero attached hydrogens (tertiary/aromatic N) is 2. The van der Waals surface area contributed by atoms with Crippen LogP contribution in [0.2, 0.25) is 5.02 Å². The molecule has 1 aromatic rings. The van der Waals surface area contributed by atoms with Gasteiger partial charge in [0.25, 0.3) is 5.91 Å². The van der Waals surface area contributed by atoms with Crippen LogP contribution >= 0.6 is 11.6 Å². The van der Waals surface area contributed by atoms with Crippen molar-refractivity contribution in [1.82, 2.24) is 9.88 Å². The monoisotopic (exact) mass is 311 g/mol. The molecule has 0 saturated heterocycles. The topological polar surface area (TPSA) is 45.2 Å². The number of rotatable bonds is 7. The van der Waals surface area contributed by atoms with Crippen molar-refractivity contribution in [2.45, 2.75) is 46.6 Å². The summed E-state index contributed by atoms with van der Waals surface area (Å²) in [6, 6.07) is 1.91. The number of amides is 1. The fourth-order valence-corrected chi connectivity index (χ4v) is 2.37. The molecule has 0 aliphatic carbocycles. The lowest BCUT2D eigenvalue weighted by molar-refractivity contribution is 0.0728. The molecule has 1 atom stereocenters. The summed E-state index contributed by atoms with van der Waals surface area (Å²) in [7, 11) is 1.82. The number of halogens is 1. The molecule has 0 aromatic carbocycles. The van der Waals surface area contributed by atoms with Crippen LogP contribution in [0.3, 0.4) is 0 Å². The first kappa shape index (κ1) is 17.8. The zero-order valence-corrected chi connectivity index (χ0v) is 14.4. The van der Waals surface area contributed by atoms with Gasteiger partial charge in [-0.2, -0.15) is 0 Å². The maximum atomic E-state index is 12.6. The summed E-state index contributed by atoms with van der Waals surface area (Å²) in [4.78, 5) is 18.6. The normalized spacial score (nSPS) is 12.3. The highest BCUT2D eigenvalue weighted by atomic mass is 35.5. The number of pyridine rings is 1. The smallest absolute Gasteiger partial charge is 0.255 e. The van der Waals surface area contributed by atoms with Gasteiger partial charge in [-0.1, -0.05) is 32.4 Å². The zero-order valence-electron chi connectivity index (χ0n) is 13.6. The maximum absolute atomic E-state index is 12.6. The van der Waals surface area contributed by atoms with Gasteiger partial charge in [-0.3, -0.25) is 4.79 Å². The molecule has 0 saturated carbocycles. The minimum absolute atomic E-state index is 0.0601. The van der Waals surface area contributed by atoms with Crippen molar-refractivity contribution < 1.29 is 4.79 Å². The molecular formula is C16H26ClN3O. The van der Waals surface area contributed by atoms with Crippen LogP contribution in [0.15, 0.2) is 12.3 Å². The lowest BCUT2D eigenvalue weighted by atomic mass is 10.0. The van der Waals surface area contributed by atoms with Crippen molar-refractivity contribution >= 4 is 23.3 Å². The van der Waals surface area contributed by atoms with Gasteiger partial charge in [0, 0.05) is 25.8 Å². The summed E-state index contributed by atoms with van der Waals surface area (Å²) in [5.74, 6) is 1.18. The Kier molecular flexibility index (Phi) is 6.96. The van der Waals surface area contributed by atoms with Crippen LogP contribution in [0.4, 0.5) is 5.82 Å². The largest absolute Gasteiger partial charge is 0.370 e. The average molecular weight is 312 g/mol. The molecule has 1 N–H and O–H groups in total. The Hall–Kier alpha value is -1.29. The van der Waals surface area contributed by atoms with Gasteiger partial charge < -0.3 is 10.2 Å². The Morgan fingerprint density at radius 2 is 2.10 bits per heavy atom. The van der Waals surface area contributed by atoms with Gasteiger partial charge in [0.15, 0.2) is 0 Å². The maximum Gasteiger partial charge on any atom is 0.255 e. The predicted molar refractivity (Wildman–Crippen MR) is 89.0 cm³/mol. The second-order valence-corrected chi connectivity index (χ2v) is 6.28. The van der Waals surface area contributed by atoms with Crippen LogP contribution < -0.4 is 5.32 Å². The second kappa shape index (κ2) is 8.23. The molecule has 5 heteroatoms. The first-order valence-corrected chi connectivity index (χ1v) is 7.91. The summed E-state index contributed by atoms with van der Waals surface area (Å²) in [6.07, 6.45) is 3.50. The van der Waals surface area contributed by atoms with Crippen LogP contribution in [0, 0.1) is 5.92 Å². The lowest BCUT2D eigenvalue weighted by Crippen LogP contribution is -2.36. The SMILES string of the molecule is CCCNc1cc(C(=O)N(C)C(C)CC(C)C)c(Cl)cn1. The minimum atomic E-state index is -0.0601. The number of hydrogen-bond donors (Lipinski definition) is 1. The van der Waals surface area contributed by atoms with E-state index in [1.165, 1.54) is 6.20 Å². The summed E-state index contributed by atoms with van der Waals surface area (Å²) >= 11 is 6.14. The number of carbonyl (C=O) groups excluding carboxylic acids is 1. The molecule has 0 fully saturated rings. The first-order valence-electron chi connectivity index (χ1n) is 7.53. The Labute approximate surface area is 132 Å². The number of hydrogen-bond acceptors (Lipinski definition) is 3. The van der Waals surface area contributed by atoms with Crippen LogP contribution in [-0.4, -0.2) is 35.4 Å². The van der Waals surface area contributed by atoms with Gasteiger partial charge in [-0.25, -0.2) is 4.98 Å². The van der Waals surface area contributed by atoms with E-state index in [0.29, 0.717) is 22.3 Å². The highest BCUT2D eigenvalue weighted by molar-refractivity contribution is 6.33. The molecule has 0 aliphatic heterocycles. The summed E-state index contributed by atoms with van der Waals surface area (Å²) in [5, 5.41) is 3.57. The van der Waals surface area contributed by atoms with Crippen molar-refractivity contribution in [3.63, 3.8) is 0 Å². The zero-order chi connectivity index (χ0) is 16.0. The Bertz CT molecular complexity index is 477. The third kappa shape index (κ3) is 5.20. The minimum Gasteiger partial charge on any atom is -0.370 e. The van der Waals surface area contributed by atoms with Crippen molar-refractivity contribution in [3.05, 3.63) is 22.8 Å². The molecule has 4 nitrogen and oxygen atoms in total. The summed E-state index contributed by atoms with van der Waals surface area (Å²) in [6.45, 7) is 9.27. The third-order valence-electron chi connectivity index (χ3n) is 3.44. The molecule has 0 aliphatic rings. The van der Waals surface area contributed by atoms with Crippen molar-refractivity contribution in [3.8, 4) is 0 Å². The van der Waals surface area contributed by atoms with E-state index in [0.717, 1.165) is 19.4 Å². The molecule has 1 amide bonds. The molecule has 1 heterocycles. The van der Waals surface area contributed by atoms with Crippen LogP contribution in [0.5, 0.6) is 0 Å². The van der Waals surface area contributed by atoms with Gasteiger partial charge in [0.05, 0.1) is 10.6 Å². The molecule has 21 heavy (non-hydrogen) atoms. The Morgan fingerprint density at radius 1 is 1.43 bits per heavy atom. The molecule has 0 bridgehead atoms. The van der Waals surface area contributed by atoms with Crippen LogP contribution in [0.25, 0.3) is 0 Å². The third-order valence-corrected chi connectivity index (χ3v) is 3.74. The van der Waals surface area contributed by atoms with Gasteiger partial charge in [-0.05, 0) is 31.7 Å². The van der Waals surface area contributed by atoms with Crippen molar-refractivity contribution in [1.29, 1.82) is 0 Å². The number of anilines is 1. The molecule has 0 radical (unpaired) electrons. The quantitative estimate of drug-likeness (QED) is 0.825. The van der Waals surface area contributed by atoms with E-state index in [-0.39, 0.29) is 11.9 Å². The Morgan fingerprint density at radius 3 is 2.67 bits per heavy atom. The molecule has 0 spiro atoms. The van der Waals surface area contributed by atoms with E-state index in [1.54, 1.807) is 11.0 Å². The highest BCUT2D eigenvalue weighted by Gasteiger charge is 2.21. The fourth-order valence-electron chi connectivity index (χ4n) is 2.18. The molecule has 1 rings (SSSR count). The average Bonchev–Trinajstić information content (AvgIpc) is 2.44.